The maximum Gasteiger partial charge on any atom is 0.306 e. The number of carbonyl (C=O) groups excluding carboxylic acids is 8. The van der Waals surface area contributed by atoms with E-state index in [0.717, 1.165) is 0 Å². The van der Waals surface area contributed by atoms with E-state index in [0.29, 0.717) is 0 Å². The van der Waals surface area contributed by atoms with Crippen LogP contribution in [0.3, 0.4) is 0 Å². The highest BCUT2D eigenvalue weighted by molar-refractivity contribution is 5.89. The van der Waals surface area contributed by atoms with E-state index in [1.165, 1.54) is 27.7 Å². The van der Waals surface area contributed by atoms with Gasteiger partial charge < -0.3 is 38.1 Å². The molecule has 12 heteroatoms. The minimum atomic E-state index is -1.56. The molecular formula is C25H34O12. The van der Waals surface area contributed by atoms with Crippen molar-refractivity contribution in [1.29, 1.82) is 0 Å². The van der Waals surface area contributed by atoms with Crippen LogP contribution in [0.5, 0.6) is 0 Å². The fraction of sp³-hybridized carbons (Fsp3) is 0.680. The molecule has 1 aliphatic rings. The Labute approximate surface area is 214 Å². The maximum atomic E-state index is 12.9. The van der Waals surface area contributed by atoms with Gasteiger partial charge in [0.05, 0.1) is 25.9 Å². The second kappa shape index (κ2) is 15.7. The molecule has 1 saturated heterocycles. The van der Waals surface area contributed by atoms with Gasteiger partial charge in [-0.05, 0) is 27.7 Å². The average Bonchev–Trinajstić information content (AvgIpc) is 2.80. The van der Waals surface area contributed by atoms with Gasteiger partial charge in [0.2, 0.25) is 0 Å². The molecule has 0 spiro atoms. The second-order valence-electron chi connectivity index (χ2n) is 8.97. The van der Waals surface area contributed by atoms with Gasteiger partial charge in [-0.3, -0.25) is 19.2 Å². The first kappa shape index (κ1) is 31.7. The SMILES string of the molecule is CC(=O)CCC(=O)O[C@H]1[C@H](OC(=O)CCC(C)=O)COC(C(=O)CCC(C)=O)[C@@H]1OC(=O)CCC(C)=O. The van der Waals surface area contributed by atoms with E-state index in [1.54, 1.807) is 0 Å². The molecule has 1 aliphatic heterocycles. The lowest BCUT2D eigenvalue weighted by atomic mass is 9.94. The molecule has 1 rings (SSSR count). The highest BCUT2D eigenvalue weighted by Crippen LogP contribution is 2.27. The van der Waals surface area contributed by atoms with E-state index in [1.807, 2.05) is 0 Å². The van der Waals surface area contributed by atoms with Crippen molar-refractivity contribution in [2.45, 2.75) is 103 Å². The molecule has 0 bridgehead atoms. The fourth-order valence-corrected chi connectivity index (χ4v) is 3.35. The molecule has 206 valence electrons. The summed E-state index contributed by atoms with van der Waals surface area (Å²) in [5.74, 6) is -4.24. The molecule has 0 aromatic rings. The van der Waals surface area contributed by atoms with Gasteiger partial charge in [0.15, 0.2) is 30.2 Å². The predicted molar refractivity (Wildman–Crippen MR) is 124 cm³/mol. The van der Waals surface area contributed by atoms with E-state index < -0.39 is 54.7 Å². The van der Waals surface area contributed by atoms with Crippen LogP contribution in [-0.2, 0) is 57.3 Å². The third-order valence-electron chi connectivity index (χ3n) is 5.33. The highest BCUT2D eigenvalue weighted by Gasteiger charge is 2.49. The summed E-state index contributed by atoms with van der Waals surface area (Å²) in [6, 6.07) is 0. The van der Waals surface area contributed by atoms with Gasteiger partial charge in [-0.2, -0.15) is 0 Å². The Kier molecular flexibility index (Phi) is 13.5. The Balaban J connectivity index is 3.25. The molecule has 0 saturated carbocycles. The summed E-state index contributed by atoms with van der Waals surface area (Å²) < 4.78 is 21.8. The average molecular weight is 527 g/mol. The number of carbonyl (C=O) groups is 8. The lowest BCUT2D eigenvalue weighted by Crippen LogP contribution is -2.59. The zero-order chi connectivity index (χ0) is 28.1. The fourth-order valence-electron chi connectivity index (χ4n) is 3.35. The quantitative estimate of drug-likeness (QED) is 0.208. The molecule has 12 nitrogen and oxygen atoms in total. The third-order valence-corrected chi connectivity index (χ3v) is 5.33. The van der Waals surface area contributed by atoms with Crippen molar-refractivity contribution in [3.8, 4) is 0 Å². The van der Waals surface area contributed by atoms with Crippen LogP contribution in [0.15, 0.2) is 0 Å². The van der Waals surface area contributed by atoms with Gasteiger partial charge in [0, 0.05) is 32.1 Å². The van der Waals surface area contributed by atoms with Gasteiger partial charge >= 0.3 is 17.9 Å². The second-order valence-corrected chi connectivity index (χ2v) is 8.97. The van der Waals surface area contributed by atoms with Crippen LogP contribution in [0.4, 0.5) is 0 Å². The van der Waals surface area contributed by atoms with Crippen LogP contribution >= 0.6 is 0 Å². The van der Waals surface area contributed by atoms with Crippen LogP contribution in [0.2, 0.25) is 0 Å². The van der Waals surface area contributed by atoms with Crippen LogP contribution in [-0.4, -0.2) is 77.8 Å². The molecule has 1 heterocycles. The van der Waals surface area contributed by atoms with E-state index in [9.17, 15) is 38.4 Å². The first-order valence-electron chi connectivity index (χ1n) is 12.0. The lowest BCUT2D eigenvalue weighted by molar-refractivity contribution is -0.226. The summed E-state index contributed by atoms with van der Waals surface area (Å²) in [7, 11) is 0. The van der Waals surface area contributed by atoms with Crippen LogP contribution < -0.4 is 0 Å². The Bertz CT molecular complexity index is 905. The Morgan fingerprint density at radius 2 is 0.919 bits per heavy atom. The molecule has 4 atom stereocenters. The molecule has 0 radical (unpaired) electrons. The minimum Gasteiger partial charge on any atom is -0.456 e. The van der Waals surface area contributed by atoms with Crippen molar-refractivity contribution in [2.24, 2.45) is 0 Å². The minimum absolute atomic E-state index is 0.0922. The number of Topliss-reactive ketones (excluding diaryl/α,β-unsaturated/α-hetero) is 5. The number of ether oxygens (including phenoxy) is 4. The Morgan fingerprint density at radius 1 is 0.541 bits per heavy atom. The molecule has 0 amide bonds. The van der Waals surface area contributed by atoms with E-state index in [-0.39, 0.29) is 74.5 Å². The normalized spacial score (nSPS) is 20.9. The van der Waals surface area contributed by atoms with Gasteiger partial charge in [0.1, 0.15) is 23.1 Å². The maximum absolute atomic E-state index is 12.9. The standard InChI is InChI=1S/C25H34O12/c1-14(26)5-9-18(30)23-25(37-22(33)12-8-17(4)29)24(36-21(32)11-7-16(3)28)19(13-34-23)35-20(31)10-6-15(2)27/h19,23-25H,5-13H2,1-4H3/t19-,23?,24+,25+/m1/s1. The van der Waals surface area contributed by atoms with Crippen LogP contribution in [0.1, 0.15) is 79.1 Å². The van der Waals surface area contributed by atoms with Gasteiger partial charge in [-0.25, -0.2) is 0 Å². The first-order chi connectivity index (χ1) is 17.3. The highest BCUT2D eigenvalue weighted by atomic mass is 16.6. The molecule has 0 aliphatic carbocycles. The van der Waals surface area contributed by atoms with E-state index in [4.69, 9.17) is 18.9 Å². The van der Waals surface area contributed by atoms with Crippen molar-refractivity contribution < 1.29 is 57.3 Å². The van der Waals surface area contributed by atoms with Gasteiger partial charge in [-0.1, -0.05) is 0 Å². The largest absolute Gasteiger partial charge is 0.456 e. The van der Waals surface area contributed by atoms with Crippen molar-refractivity contribution in [1.82, 2.24) is 0 Å². The van der Waals surface area contributed by atoms with Crippen LogP contribution in [0.25, 0.3) is 0 Å². The van der Waals surface area contributed by atoms with E-state index in [2.05, 4.69) is 0 Å². The summed E-state index contributed by atoms with van der Waals surface area (Å²) >= 11 is 0. The topological polar surface area (TPSA) is 173 Å². The van der Waals surface area contributed by atoms with E-state index >= 15 is 0 Å². The summed E-state index contributed by atoms with van der Waals surface area (Å²) in [6.07, 6.45) is -7.39. The monoisotopic (exact) mass is 526 g/mol. The smallest absolute Gasteiger partial charge is 0.306 e. The number of hydrogen-bond donors (Lipinski definition) is 0. The van der Waals surface area contributed by atoms with Crippen molar-refractivity contribution in [3.63, 3.8) is 0 Å². The van der Waals surface area contributed by atoms with Crippen molar-refractivity contribution in [2.75, 3.05) is 6.61 Å². The van der Waals surface area contributed by atoms with Crippen molar-refractivity contribution >= 4 is 46.8 Å². The molecule has 37 heavy (non-hydrogen) atoms. The molecular weight excluding hydrogens is 492 g/mol. The number of rotatable bonds is 16. The molecule has 0 aromatic carbocycles. The molecule has 1 unspecified atom stereocenters. The summed E-state index contributed by atoms with van der Waals surface area (Å²) in [5.41, 5.74) is 0. The van der Waals surface area contributed by atoms with Crippen molar-refractivity contribution in [3.05, 3.63) is 0 Å². The molecule has 0 N–H and O–H groups in total. The number of ketones is 5. The number of hydrogen-bond acceptors (Lipinski definition) is 12. The molecule has 0 aromatic heterocycles. The van der Waals surface area contributed by atoms with Gasteiger partial charge in [-0.15, -0.1) is 0 Å². The predicted octanol–water partition coefficient (Wildman–Crippen LogP) is 1.17. The summed E-state index contributed by atoms with van der Waals surface area (Å²) in [6.45, 7) is 4.75. The molecule has 1 fully saturated rings. The lowest BCUT2D eigenvalue weighted by Gasteiger charge is -2.40. The Morgan fingerprint density at radius 3 is 1.35 bits per heavy atom. The summed E-state index contributed by atoms with van der Waals surface area (Å²) in [4.78, 5) is 95.3. The van der Waals surface area contributed by atoms with Crippen LogP contribution in [0, 0.1) is 0 Å². The Hall–Kier alpha value is -3.28. The summed E-state index contributed by atoms with van der Waals surface area (Å²) in [5, 5.41) is 0. The third kappa shape index (κ3) is 12.5. The number of esters is 3. The zero-order valence-corrected chi connectivity index (χ0v) is 21.6. The van der Waals surface area contributed by atoms with Gasteiger partial charge in [0.25, 0.3) is 0 Å². The zero-order valence-electron chi connectivity index (χ0n) is 21.6. The first-order valence-corrected chi connectivity index (χ1v) is 12.0.